The van der Waals surface area contributed by atoms with Gasteiger partial charge in [0.2, 0.25) is 0 Å². The molecular formula is C21H30N6O. The van der Waals surface area contributed by atoms with Gasteiger partial charge in [0.25, 0.3) is 5.91 Å². The first-order valence-corrected chi connectivity index (χ1v) is 9.84. The van der Waals surface area contributed by atoms with Gasteiger partial charge in [-0.05, 0) is 34.1 Å². The van der Waals surface area contributed by atoms with Crippen molar-refractivity contribution in [1.29, 1.82) is 0 Å². The van der Waals surface area contributed by atoms with E-state index >= 15 is 0 Å². The van der Waals surface area contributed by atoms with E-state index in [-0.39, 0.29) is 5.91 Å². The van der Waals surface area contributed by atoms with Crippen molar-refractivity contribution >= 4 is 11.7 Å². The number of benzene rings is 1. The average molecular weight is 383 g/mol. The van der Waals surface area contributed by atoms with Crippen LogP contribution in [0, 0.1) is 0 Å². The van der Waals surface area contributed by atoms with E-state index in [1.165, 1.54) is 0 Å². The Kier molecular flexibility index (Phi) is 6.95. The smallest absolute Gasteiger partial charge is 0.272 e. The Morgan fingerprint density at radius 2 is 1.82 bits per heavy atom. The molecule has 0 atom stereocenters. The zero-order valence-electron chi connectivity index (χ0n) is 17.1. The van der Waals surface area contributed by atoms with Gasteiger partial charge in [0.1, 0.15) is 11.5 Å². The van der Waals surface area contributed by atoms with Crippen LogP contribution in [0.3, 0.4) is 0 Å². The maximum Gasteiger partial charge on any atom is 0.272 e. The van der Waals surface area contributed by atoms with Gasteiger partial charge in [-0.2, -0.15) is 0 Å². The zero-order chi connectivity index (χ0) is 19.9. The van der Waals surface area contributed by atoms with Crippen LogP contribution in [0.2, 0.25) is 0 Å². The summed E-state index contributed by atoms with van der Waals surface area (Å²) in [6.45, 7) is 5.02. The summed E-state index contributed by atoms with van der Waals surface area (Å²) in [4.78, 5) is 28.5. The van der Waals surface area contributed by atoms with Crippen molar-refractivity contribution in [2.75, 3.05) is 65.7 Å². The van der Waals surface area contributed by atoms with E-state index < -0.39 is 0 Å². The van der Waals surface area contributed by atoms with E-state index in [0.717, 1.165) is 51.3 Å². The van der Waals surface area contributed by atoms with E-state index in [1.54, 1.807) is 6.07 Å². The second-order valence-corrected chi connectivity index (χ2v) is 7.51. The molecule has 1 saturated heterocycles. The van der Waals surface area contributed by atoms with Gasteiger partial charge in [0, 0.05) is 44.4 Å². The summed E-state index contributed by atoms with van der Waals surface area (Å²) >= 11 is 0. The molecule has 2 aromatic rings. The number of anilines is 1. The van der Waals surface area contributed by atoms with Gasteiger partial charge < -0.3 is 20.0 Å². The molecule has 0 aliphatic carbocycles. The third-order valence-corrected chi connectivity index (χ3v) is 4.86. The Hall–Kier alpha value is -2.51. The van der Waals surface area contributed by atoms with E-state index in [1.807, 2.05) is 35.2 Å². The predicted molar refractivity (Wildman–Crippen MR) is 113 cm³/mol. The molecule has 2 heterocycles. The van der Waals surface area contributed by atoms with Crippen LogP contribution >= 0.6 is 0 Å². The molecule has 150 valence electrons. The maximum absolute atomic E-state index is 13.0. The van der Waals surface area contributed by atoms with Crippen LogP contribution in [0.5, 0.6) is 0 Å². The normalized spacial score (nSPS) is 15.1. The highest BCUT2D eigenvalue weighted by atomic mass is 16.2. The standard InChI is InChI=1S/C21H30N6O/c1-25(2)11-7-10-22-19-16-18(21(28)27-14-12-26(3)13-15-27)23-20(24-19)17-8-5-4-6-9-17/h4-6,8-9,16H,7,10-15H2,1-3H3,(H,22,23,24). The predicted octanol–water partition coefficient (Wildman–Crippen LogP) is 1.89. The van der Waals surface area contributed by atoms with Crippen molar-refractivity contribution in [3.8, 4) is 11.4 Å². The third kappa shape index (κ3) is 5.50. The lowest BCUT2D eigenvalue weighted by atomic mass is 10.2. The lowest BCUT2D eigenvalue weighted by Crippen LogP contribution is -2.47. The summed E-state index contributed by atoms with van der Waals surface area (Å²) in [5.74, 6) is 1.25. The van der Waals surface area contributed by atoms with Gasteiger partial charge in [-0.15, -0.1) is 0 Å². The number of hydrogen-bond acceptors (Lipinski definition) is 6. The van der Waals surface area contributed by atoms with E-state index in [4.69, 9.17) is 0 Å². The number of aromatic nitrogens is 2. The fraction of sp³-hybridized carbons (Fsp3) is 0.476. The number of nitrogens with zero attached hydrogens (tertiary/aromatic N) is 5. The Balaban J connectivity index is 1.81. The van der Waals surface area contributed by atoms with Gasteiger partial charge in [0.15, 0.2) is 5.82 Å². The van der Waals surface area contributed by atoms with Crippen LogP contribution in [0.1, 0.15) is 16.9 Å². The van der Waals surface area contributed by atoms with Crippen molar-refractivity contribution in [3.63, 3.8) is 0 Å². The molecule has 1 fully saturated rings. The monoisotopic (exact) mass is 382 g/mol. The molecule has 3 rings (SSSR count). The van der Waals surface area contributed by atoms with Crippen LogP contribution in [-0.4, -0.2) is 91.0 Å². The minimum absolute atomic E-state index is 0.0241. The highest BCUT2D eigenvalue weighted by Gasteiger charge is 2.22. The maximum atomic E-state index is 13.0. The van der Waals surface area contributed by atoms with Crippen LogP contribution in [0.4, 0.5) is 5.82 Å². The van der Waals surface area contributed by atoms with E-state index in [9.17, 15) is 4.79 Å². The molecule has 1 amide bonds. The number of carbonyl (C=O) groups excluding carboxylic acids is 1. The first-order valence-electron chi connectivity index (χ1n) is 9.84. The lowest BCUT2D eigenvalue weighted by molar-refractivity contribution is 0.0658. The molecule has 0 spiro atoms. The van der Waals surface area contributed by atoms with Crippen LogP contribution in [0.25, 0.3) is 11.4 Å². The molecule has 7 nitrogen and oxygen atoms in total. The molecule has 0 saturated carbocycles. The van der Waals surface area contributed by atoms with Crippen LogP contribution in [0.15, 0.2) is 36.4 Å². The van der Waals surface area contributed by atoms with Gasteiger partial charge in [-0.3, -0.25) is 4.79 Å². The Labute approximate surface area is 167 Å². The second-order valence-electron chi connectivity index (χ2n) is 7.51. The molecule has 0 unspecified atom stereocenters. The van der Waals surface area contributed by atoms with Crippen molar-refractivity contribution < 1.29 is 4.79 Å². The average Bonchev–Trinajstić information content (AvgIpc) is 2.71. The van der Waals surface area contributed by atoms with Crippen LogP contribution < -0.4 is 5.32 Å². The highest BCUT2D eigenvalue weighted by Crippen LogP contribution is 2.19. The number of likely N-dealkylation sites (N-methyl/N-ethyl adjacent to an activating group) is 1. The number of rotatable bonds is 7. The zero-order valence-corrected chi connectivity index (χ0v) is 17.1. The first kappa shape index (κ1) is 20.2. The largest absolute Gasteiger partial charge is 0.370 e. The van der Waals surface area contributed by atoms with Gasteiger partial charge >= 0.3 is 0 Å². The van der Waals surface area contributed by atoms with Crippen molar-refractivity contribution in [2.24, 2.45) is 0 Å². The minimum Gasteiger partial charge on any atom is -0.370 e. The topological polar surface area (TPSA) is 64.6 Å². The van der Waals surface area contributed by atoms with Crippen molar-refractivity contribution in [1.82, 2.24) is 24.7 Å². The first-order chi connectivity index (χ1) is 13.5. The number of carbonyl (C=O) groups is 1. The molecule has 0 bridgehead atoms. The molecule has 7 heteroatoms. The fourth-order valence-corrected chi connectivity index (χ4v) is 3.15. The molecule has 1 N–H and O–H groups in total. The summed E-state index contributed by atoms with van der Waals surface area (Å²) in [5.41, 5.74) is 1.36. The molecule has 28 heavy (non-hydrogen) atoms. The Morgan fingerprint density at radius 1 is 1.11 bits per heavy atom. The number of piperazine rings is 1. The third-order valence-electron chi connectivity index (χ3n) is 4.86. The molecule has 1 aliphatic rings. The molecule has 1 aromatic heterocycles. The second kappa shape index (κ2) is 9.61. The van der Waals surface area contributed by atoms with Crippen molar-refractivity contribution in [2.45, 2.75) is 6.42 Å². The number of hydrogen-bond donors (Lipinski definition) is 1. The lowest BCUT2D eigenvalue weighted by Gasteiger charge is -2.32. The summed E-state index contributed by atoms with van der Waals surface area (Å²) < 4.78 is 0. The van der Waals surface area contributed by atoms with Gasteiger partial charge in [-0.25, -0.2) is 9.97 Å². The Bertz CT molecular complexity index is 772. The fourth-order valence-electron chi connectivity index (χ4n) is 3.15. The van der Waals surface area contributed by atoms with E-state index in [0.29, 0.717) is 17.3 Å². The molecule has 0 radical (unpaired) electrons. The molecule has 1 aliphatic heterocycles. The summed E-state index contributed by atoms with van der Waals surface area (Å²) in [7, 11) is 6.20. The van der Waals surface area contributed by atoms with E-state index in [2.05, 4.69) is 46.2 Å². The van der Waals surface area contributed by atoms with Crippen molar-refractivity contribution in [3.05, 3.63) is 42.1 Å². The SMILES string of the molecule is CN(C)CCCNc1cc(C(=O)N2CCN(C)CC2)nc(-c2ccccc2)n1. The van der Waals surface area contributed by atoms with Gasteiger partial charge in [0.05, 0.1) is 0 Å². The molecular weight excluding hydrogens is 352 g/mol. The summed E-state index contributed by atoms with van der Waals surface area (Å²) in [5, 5.41) is 3.36. The highest BCUT2D eigenvalue weighted by molar-refractivity contribution is 5.93. The van der Waals surface area contributed by atoms with Crippen LogP contribution in [-0.2, 0) is 0 Å². The summed E-state index contributed by atoms with van der Waals surface area (Å²) in [6.07, 6.45) is 0.999. The number of nitrogens with one attached hydrogen (secondary N) is 1. The number of amides is 1. The Morgan fingerprint density at radius 3 is 2.50 bits per heavy atom. The van der Waals surface area contributed by atoms with Gasteiger partial charge in [-0.1, -0.05) is 30.3 Å². The quantitative estimate of drug-likeness (QED) is 0.738. The summed E-state index contributed by atoms with van der Waals surface area (Å²) in [6, 6.07) is 11.6. The molecule has 1 aromatic carbocycles. The minimum atomic E-state index is -0.0241.